The Labute approximate surface area is 392 Å². The highest BCUT2D eigenvalue weighted by Crippen LogP contribution is 2.49. The summed E-state index contributed by atoms with van der Waals surface area (Å²) < 4.78 is 103. The molecular formula is C36H31ClN10O15S5. The summed E-state index contributed by atoms with van der Waals surface area (Å²) >= 11 is 6.56. The van der Waals surface area contributed by atoms with Crippen molar-refractivity contribution < 1.29 is 68.4 Å². The van der Waals surface area contributed by atoms with Crippen molar-refractivity contribution in [3.63, 3.8) is 0 Å². The van der Waals surface area contributed by atoms with Crippen LogP contribution >= 0.6 is 36.0 Å². The van der Waals surface area contributed by atoms with E-state index < -0.39 is 52.1 Å². The number of rotatable bonds is 20. The van der Waals surface area contributed by atoms with Gasteiger partial charge in [-0.1, -0.05) is 21.7 Å². The zero-order valence-electron chi connectivity index (χ0n) is 33.3. The molecule has 0 heterocycles. The number of anilines is 4. The predicted molar refractivity (Wildman–Crippen MR) is 244 cm³/mol. The minimum Gasteiger partial charge on any atom is -0.505 e. The van der Waals surface area contributed by atoms with E-state index in [0.29, 0.717) is 17.7 Å². The maximum absolute atomic E-state index is 13.2. The average Bonchev–Trinajstić information content (AvgIpc) is 3.29. The Morgan fingerprint density at radius 3 is 1.84 bits per heavy atom. The molecule has 11 N–H and O–H groups in total. The van der Waals surface area contributed by atoms with Crippen LogP contribution in [0.25, 0.3) is 10.8 Å². The van der Waals surface area contributed by atoms with Crippen molar-refractivity contribution in [1.82, 2.24) is 0 Å². The summed E-state index contributed by atoms with van der Waals surface area (Å²) in [7, 11) is -13.2. The van der Waals surface area contributed by atoms with Crippen LogP contribution in [-0.4, -0.2) is 57.8 Å². The second-order valence-electron chi connectivity index (χ2n) is 13.0. The van der Waals surface area contributed by atoms with Gasteiger partial charge in [-0.2, -0.15) is 23.8 Å². The Balaban J connectivity index is 1.24. The van der Waals surface area contributed by atoms with Gasteiger partial charge < -0.3 is 22.3 Å². The van der Waals surface area contributed by atoms with Crippen LogP contribution in [0.15, 0.2) is 147 Å². The number of nitrogens with two attached hydrogens (primary N) is 3. The number of fused-ring (bicyclic) bond motifs is 1. The third-order valence-corrected chi connectivity index (χ3v) is 14.0. The van der Waals surface area contributed by atoms with E-state index in [4.69, 9.17) is 43.5 Å². The Morgan fingerprint density at radius 2 is 1.24 bits per heavy atom. The highest BCUT2D eigenvalue weighted by molar-refractivity contribution is 7.95. The molecule has 25 nitrogen and oxygen atoms in total. The van der Waals surface area contributed by atoms with E-state index in [1.54, 1.807) is 0 Å². The van der Waals surface area contributed by atoms with Crippen LogP contribution in [0, 0.1) is 0 Å². The second kappa shape index (κ2) is 21.7. The number of hydrogen-bond acceptors (Lipinski definition) is 25. The summed E-state index contributed by atoms with van der Waals surface area (Å²) in [6, 6.07) is 20.7. The summed E-state index contributed by atoms with van der Waals surface area (Å²) in [6.07, 6.45) is 0. The van der Waals surface area contributed by atoms with Crippen LogP contribution < -0.4 is 21.9 Å². The van der Waals surface area contributed by atoms with Crippen molar-refractivity contribution in [2.45, 2.75) is 19.6 Å². The lowest BCUT2D eigenvalue weighted by molar-refractivity contribution is -0.434. The molecule has 0 amide bonds. The first-order valence-corrected chi connectivity index (χ1v) is 24.3. The fourth-order valence-electron chi connectivity index (χ4n) is 5.57. The third-order valence-electron chi connectivity index (χ3n) is 8.71. The summed E-state index contributed by atoms with van der Waals surface area (Å²) in [6.45, 7) is -0.319. The summed E-state index contributed by atoms with van der Waals surface area (Å²) in [5.74, 6) is -1.39. The molecule has 0 aliphatic carbocycles. The number of halogens is 1. The summed E-state index contributed by atoms with van der Waals surface area (Å²) in [5, 5.41) is 59.4. The SMILES string of the molecule is Nc1cc(N)c(/N=N/c2ccc(NS(=O)(=O)c3ccc(/N=N/c4c(S(=O)(=O)O)cc5c(SOOO)cc(/N=N/c6ccc(S(=O)(=O)CCOSOOO)cc6)c(N)c5c4O)cc3)cc2)cc1Cl. The number of sulfonamides is 1. The molecule has 0 aliphatic heterocycles. The Morgan fingerprint density at radius 1 is 0.672 bits per heavy atom. The molecule has 0 aliphatic rings. The van der Waals surface area contributed by atoms with Crippen molar-refractivity contribution in [2.24, 2.45) is 30.7 Å². The van der Waals surface area contributed by atoms with Gasteiger partial charge in [-0.3, -0.25) is 13.5 Å². The van der Waals surface area contributed by atoms with Crippen LogP contribution in [0.4, 0.5) is 56.9 Å². The van der Waals surface area contributed by atoms with Gasteiger partial charge in [0, 0.05) is 16.0 Å². The molecule has 67 heavy (non-hydrogen) atoms. The van der Waals surface area contributed by atoms with Gasteiger partial charge in [-0.25, -0.2) is 27.4 Å². The molecule has 0 unspecified atom stereocenters. The van der Waals surface area contributed by atoms with Crippen molar-refractivity contribution in [3.8, 4) is 5.75 Å². The maximum atomic E-state index is 13.2. The van der Waals surface area contributed by atoms with Crippen LogP contribution in [0.1, 0.15) is 0 Å². The van der Waals surface area contributed by atoms with Gasteiger partial charge in [0.25, 0.3) is 20.1 Å². The molecule has 6 aromatic rings. The fraction of sp³-hybridized carbons (Fsp3) is 0.0556. The largest absolute Gasteiger partial charge is 0.505 e. The van der Waals surface area contributed by atoms with E-state index in [9.17, 15) is 34.9 Å². The number of phenolic OH excluding ortho intramolecular Hbond substituents is 1. The fourth-order valence-corrected chi connectivity index (χ4v) is 9.36. The maximum Gasteiger partial charge on any atom is 0.296 e. The van der Waals surface area contributed by atoms with E-state index >= 15 is 0 Å². The summed E-state index contributed by atoms with van der Waals surface area (Å²) in [5.41, 5.74) is 18.2. The molecule has 0 atom stereocenters. The van der Waals surface area contributed by atoms with Crippen molar-refractivity contribution in [2.75, 3.05) is 34.3 Å². The number of nitrogen functional groups attached to an aromatic ring is 3. The number of nitrogens with one attached hydrogen (secondary N) is 1. The first-order valence-electron chi connectivity index (χ1n) is 18.0. The molecule has 0 saturated heterocycles. The van der Waals surface area contributed by atoms with Gasteiger partial charge >= 0.3 is 0 Å². The van der Waals surface area contributed by atoms with E-state index in [1.807, 2.05) is 0 Å². The number of hydrogen-bond donors (Lipinski definition) is 8. The minimum atomic E-state index is -5.17. The number of sulfone groups is 1. The van der Waals surface area contributed by atoms with Gasteiger partial charge in [0.1, 0.15) is 22.0 Å². The Kier molecular flexibility index (Phi) is 16.3. The summed E-state index contributed by atoms with van der Waals surface area (Å²) in [4.78, 5) is -1.36. The lowest BCUT2D eigenvalue weighted by atomic mass is 10.0. The Bertz CT molecular complexity index is 3230. The van der Waals surface area contributed by atoms with Crippen molar-refractivity contribution in [3.05, 3.63) is 102 Å². The topological polar surface area (TPSA) is 394 Å². The van der Waals surface area contributed by atoms with Gasteiger partial charge in [-0.05, 0) is 97.1 Å². The molecule has 0 radical (unpaired) electrons. The smallest absolute Gasteiger partial charge is 0.296 e. The monoisotopic (exact) mass is 1040 g/mol. The van der Waals surface area contributed by atoms with Crippen LogP contribution in [0.2, 0.25) is 5.02 Å². The first-order chi connectivity index (χ1) is 31.8. The minimum absolute atomic E-state index is 0.0355. The molecular weight excluding hydrogens is 1010 g/mol. The Hall–Kier alpha value is -6.10. The third kappa shape index (κ3) is 12.7. The van der Waals surface area contributed by atoms with Gasteiger partial charge in [-0.15, -0.1) is 24.0 Å². The van der Waals surface area contributed by atoms with Crippen LogP contribution in [0.5, 0.6) is 5.75 Å². The van der Waals surface area contributed by atoms with E-state index in [0.717, 1.165) is 6.07 Å². The van der Waals surface area contributed by atoms with Crippen LogP contribution in [-0.2, 0) is 52.9 Å². The lowest BCUT2D eigenvalue weighted by Crippen LogP contribution is -2.12. The number of nitrogens with zero attached hydrogens (tertiary/aromatic N) is 6. The standard InChI is InChI=1S/C36H31ClN10O15S5/c37-26-16-29(28(39)17-27(26)38)44-41-19-1-3-22(4-2-19)47-66(53,54)24-11-7-21(8-12-24)43-46-35-32(67(55,56)57)15-25-31(63-61-59-49)18-30(34(40)33(25)36(35)48)45-42-20-5-9-23(10-6-20)65(51,52)14-13-58-64-62-60-50/h1-12,15-18,47-50H,13-14,38-40H2,(H,55,56,57)/b44-41+,45-42+,46-43+. The first kappa shape index (κ1) is 50.3. The molecule has 0 aromatic heterocycles. The molecule has 0 fully saturated rings. The van der Waals surface area contributed by atoms with Crippen LogP contribution in [0.3, 0.4) is 0 Å². The average molecular weight is 1040 g/mol. The van der Waals surface area contributed by atoms with Crippen molar-refractivity contribution >= 4 is 134 Å². The molecule has 6 rings (SSSR count). The lowest BCUT2D eigenvalue weighted by Gasteiger charge is -2.14. The quantitative estimate of drug-likeness (QED) is 0.00670. The van der Waals surface area contributed by atoms with E-state index in [-0.39, 0.29) is 94.9 Å². The number of benzene rings is 6. The predicted octanol–water partition coefficient (Wildman–Crippen LogP) is 9.44. The number of aromatic hydroxyl groups is 1. The second-order valence-corrected chi connectivity index (χ2v) is 19.9. The zero-order valence-corrected chi connectivity index (χ0v) is 38.1. The van der Waals surface area contributed by atoms with Crippen molar-refractivity contribution in [1.29, 1.82) is 0 Å². The molecule has 0 spiro atoms. The normalized spacial score (nSPS) is 12.5. The zero-order chi connectivity index (χ0) is 48.5. The molecule has 6 aromatic carbocycles. The molecule has 31 heteroatoms. The number of phenols is 1. The highest BCUT2D eigenvalue weighted by Gasteiger charge is 2.26. The highest BCUT2D eigenvalue weighted by atomic mass is 35.5. The molecule has 0 bridgehead atoms. The van der Waals surface area contributed by atoms with Gasteiger partial charge in [0.15, 0.2) is 27.9 Å². The van der Waals surface area contributed by atoms with E-state index in [2.05, 4.69) is 54.2 Å². The molecule has 0 saturated carbocycles. The number of azo groups is 3. The van der Waals surface area contributed by atoms with Gasteiger partial charge in [0.2, 0.25) is 0 Å². The molecule has 352 valence electrons. The van der Waals surface area contributed by atoms with E-state index in [1.165, 1.54) is 91.0 Å². The van der Waals surface area contributed by atoms with Gasteiger partial charge in [0.05, 0.1) is 78.7 Å².